The third kappa shape index (κ3) is 2.71. The second-order valence-corrected chi connectivity index (χ2v) is 6.19. The van der Waals surface area contributed by atoms with Crippen LogP contribution in [0.15, 0.2) is 24.3 Å². The minimum absolute atomic E-state index is 0.176. The van der Waals surface area contributed by atoms with Gasteiger partial charge in [-0.1, -0.05) is 25.5 Å². The van der Waals surface area contributed by atoms with Crippen LogP contribution >= 0.6 is 0 Å². The summed E-state index contributed by atoms with van der Waals surface area (Å²) in [4.78, 5) is 9.05. The number of ether oxygens (including phenoxy) is 1. The molecule has 0 radical (unpaired) electrons. The van der Waals surface area contributed by atoms with Crippen molar-refractivity contribution in [2.24, 2.45) is 0 Å². The van der Waals surface area contributed by atoms with Gasteiger partial charge < -0.3 is 10.5 Å². The number of fused-ring (bicyclic) bond motifs is 1. The highest BCUT2D eigenvalue weighted by Crippen LogP contribution is 2.41. The predicted molar refractivity (Wildman–Crippen MR) is 84.3 cm³/mol. The number of nitrogen functional groups attached to an aromatic ring is 1. The molecule has 3 rings (SSSR count). The number of nitrogens with two attached hydrogens (primary N) is 1. The number of hydrogen-bond acceptors (Lipinski definition) is 4. The maximum atomic E-state index is 6.10. The molecule has 4 heteroatoms. The van der Waals surface area contributed by atoms with Gasteiger partial charge in [0.2, 0.25) is 0 Å². The van der Waals surface area contributed by atoms with Crippen LogP contribution in [0.5, 0.6) is 5.75 Å². The van der Waals surface area contributed by atoms with Gasteiger partial charge in [0.1, 0.15) is 17.2 Å². The molecule has 4 nitrogen and oxygen atoms in total. The number of para-hydroxylation sites is 1. The Balaban J connectivity index is 2.09. The zero-order chi connectivity index (χ0) is 15.0. The van der Waals surface area contributed by atoms with E-state index in [1.54, 1.807) is 0 Å². The number of aromatic nitrogens is 2. The summed E-state index contributed by atoms with van der Waals surface area (Å²) >= 11 is 0. The zero-order valence-corrected chi connectivity index (χ0v) is 12.8. The highest BCUT2D eigenvalue weighted by molar-refractivity contribution is 5.69. The van der Waals surface area contributed by atoms with Crippen LogP contribution in [0.3, 0.4) is 0 Å². The Hall–Kier alpha value is -2.10. The Morgan fingerprint density at radius 3 is 2.86 bits per heavy atom. The van der Waals surface area contributed by atoms with Crippen LogP contribution in [-0.4, -0.2) is 15.6 Å². The molecule has 0 saturated heterocycles. The fourth-order valence-electron chi connectivity index (χ4n) is 2.81. The van der Waals surface area contributed by atoms with E-state index in [4.69, 9.17) is 10.5 Å². The summed E-state index contributed by atoms with van der Waals surface area (Å²) < 4.78 is 6.10. The number of hydrogen-bond donors (Lipinski definition) is 1. The number of benzene rings is 1. The first-order chi connectivity index (χ1) is 9.98. The van der Waals surface area contributed by atoms with E-state index in [-0.39, 0.29) is 5.60 Å². The third-order valence-corrected chi connectivity index (χ3v) is 3.64. The Morgan fingerprint density at radius 2 is 2.10 bits per heavy atom. The minimum Gasteiger partial charge on any atom is -0.486 e. The first-order valence-corrected chi connectivity index (χ1v) is 7.43. The number of anilines is 1. The second-order valence-electron chi connectivity index (χ2n) is 6.19. The molecule has 0 spiro atoms. The van der Waals surface area contributed by atoms with Gasteiger partial charge in [0.05, 0.1) is 5.56 Å². The van der Waals surface area contributed by atoms with Gasteiger partial charge in [0.25, 0.3) is 0 Å². The van der Waals surface area contributed by atoms with Crippen LogP contribution in [0, 0.1) is 0 Å². The lowest BCUT2D eigenvalue weighted by Crippen LogP contribution is -2.24. The third-order valence-electron chi connectivity index (χ3n) is 3.64. The molecule has 0 saturated carbocycles. The second kappa shape index (κ2) is 5.02. The van der Waals surface area contributed by atoms with Crippen LogP contribution in [0.4, 0.5) is 5.82 Å². The van der Waals surface area contributed by atoms with Crippen LogP contribution in [-0.2, 0) is 12.8 Å². The van der Waals surface area contributed by atoms with E-state index < -0.39 is 0 Å². The smallest absolute Gasteiger partial charge is 0.165 e. The largest absolute Gasteiger partial charge is 0.486 e. The van der Waals surface area contributed by atoms with E-state index >= 15 is 0 Å². The molecule has 0 aliphatic carbocycles. The highest BCUT2D eigenvalue weighted by Gasteiger charge is 2.32. The fraction of sp³-hybridized carbons (Fsp3) is 0.412. The molecule has 1 aromatic heterocycles. The van der Waals surface area contributed by atoms with Crippen molar-refractivity contribution >= 4 is 5.82 Å². The van der Waals surface area contributed by atoms with Gasteiger partial charge in [-0.2, -0.15) is 0 Å². The number of nitrogens with zero attached hydrogens (tertiary/aromatic N) is 2. The van der Waals surface area contributed by atoms with Crippen molar-refractivity contribution in [2.45, 2.75) is 45.6 Å². The normalized spacial score (nSPS) is 15.6. The van der Waals surface area contributed by atoms with E-state index in [0.29, 0.717) is 11.6 Å². The van der Waals surface area contributed by atoms with Crippen LogP contribution < -0.4 is 10.5 Å². The molecular weight excluding hydrogens is 262 g/mol. The van der Waals surface area contributed by atoms with Crippen LogP contribution in [0.25, 0.3) is 11.4 Å². The Bertz CT molecular complexity index is 680. The van der Waals surface area contributed by atoms with Gasteiger partial charge in [0, 0.05) is 18.2 Å². The Kier molecular flexibility index (Phi) is 3.32. The van der Waals surface area contributed by atoms with Gasteiger partial charge in [-0.05, 0) is 31.9 Å². The molecule has 0 fully saturated rings. The van der Waals surface area contributed by atoms with Crippen molar-refractivity contribution in [1.29, 1.82) is 0 Å². The van der Waals surface area contributed by atoms with Gasteiger partial charge in [-0.3, -0.25) is 0 Å². The SMILES string of the molecule is CCCc1cc(N)nc(-c2cccc3c2OC(C)(C)C3)n1. The predicted octanol–water partition coefficient (Wildman–Crippen LogP) is 3.39. The average Bonchev–Trinajstić information content (AvgIpc) is 2.71. The molecular formula is C17H21N3O. The van der Waals surface area contributed by atoms with Crippen molar-refractivity contribution in [3.63, 3.8) is 0 Å². The fourth-order valence-corrected chi connectivity index (χ4v) is 2.81. The van der Waals surface area contributed by atoms with Crippen molar-refractivity contribution in [3.05, 3.63) is 35.5 Å². The maximum Gasteiger partial charge on any atom is 0.165 e. The molecule has 1 aromatic carbocycles. The molecule has 0 unspecified atom stereocenters. The summed E-state index contributed by atoms with van der Waals surface area (Å²) in [6.45, 7) is 6.32. The van der Waals surface area contributed by atoms with Gasteiger partial charge in [0.15, 0.2) is 5.82 Å². The molecule has 1 aliphatic heterocycles. The quantitative estimate of drug-likeness (QED) is 0.938. The van der Waals surface area contributed by atoms with Crippen molar-refractivity contribution < 1.29 is 4.74 Å². The highest BCUT2D eigenvalue weighted by atomic mass is 16.5. The van der Waals surface area contributed by atoms with Gasteiger partial charge >= 0.3 is 0 Å². The average molecular weight is 283 g/mol. The molecule has 0 bridgehead atoms. The standard InChI is InChI=1S/C17H21N3O/c1-4-6-12-9-14(18)20-16(19-12)13-8-5-7-11-10-17(2,3)21-15(11)13/h5,7-9H,4,6,10H2,1-3H3,(H2,18,19,20). The Morgan fingerprint density at radius 1 is 1.29 bits per heavy atom. The molecule has 110 valence electrons. The van der Waals surface area contributed by atoms with Crippen LogP contribution in [0.1, 0.15) is 38.4 Å². The lowest BCUT2D eigenvalue weighted by Gasteiger charge is -2.18. The molecule has 21 heavy (non-hydrogen) atoms. The number of aryl methyl sites for hydroxylation is 1. The number of rotatable bonds is 3. The van der Waals surface area contributed by atoms with E-state index in [0.717, 1.165) is 36.3 Å². The van der Waals surface area contributed by atoms with E-state index in [9.17, 15) is 0 Å². The zero-order valence-electron chi connectivity index (χ0n) is 12.8. The summed E-state index contributed by atoms with van der Waals surface area (Å²) in [6.07, 6.45) is 2.84. The van der Waals surface area contributed by atoms with Crippen molar-refractivity contribution in [1.82, 2.24) is 9.97 Å². The first-order valence-electron chi connectivity index (χ1n) is 7.43. The van der Waals surface area contributed by atoms with Crippen molar-refractivity contribution in [2.75, 3.05) is 5.73 Å². The van der Waals surface area contributed by atoms with Gasteiger partial charge in [-0.15, -0.1) is 0 Å². The summed E-state index contributed by atoms with van der Waals surface area (Å²) in [5, 5.41) is 0. The molecule has 2 heterocycles. The minimum atomic E-state index is -0.176. The van der Waals surface area contributed by atoms with E-state index in [1.807, 2.05) is 18.2 Å². The molecule has 0 amide bonds. The Labute approximate surface area is 125 Å². The molecule has 2 aromatic rings. The molecule has 0 atom stereocenters. The monoisotopic (exact) mass is 283 g/mol. The van der Waals surface area contributed by atoms with Gasteiger partial charge in [-0.25, -0.2) is 9.97 Å². The van der Waals surface area contributed by atoms with E-state index in [1.165, 1.54) is 5.56 Å². The van der Waals surface area contributed by atoms with E-state index in [2.05, 4.69) is 36.8 Å². The summed E-state index contributed by atoms with van der Waals surface area (Å²) in [6, 6.07) is 7.99. The summed E-state index contributed by atoms with van der Waals surface area (Å²) in [5.74, 6) is 2.07. The summed E-state index contributed by atoms with van der Waals surface area (Å²) in [7, 11) is 0. The first kappa shape index (κ1) is 13.9. The summed E-state index contributed by atoms with van der Waals surface area (Å²) in [5.41, 5.74) is 8.88. The lowest BCUT2D eigenvalue weighted by atomic mass is 10.0. The topological polar surface area (TPSA) is 61.0 Å². The molecule has 1 aliphatic rings. The lowest BCUT2D eigenvalue weighted by molar-refractivity contribution is 0.139. The molecule has 2 N–H and O–H groups in total. The van der Waals surface area contributed by atoms with Crippen molar-refractivity contribution in [3.8, 4) is 17.1 Å². The van der Waals surface area contributed by atoms with Crippen LogP contribution in [0.2, 0.25) is 0 Å². The maximum absolute atomic E-state index is 6.10.